The van der Waals surface area contributed by atoms with Crippen molar-refractivity contribution < 1.29 is 0 Å². The first-order valence-corrected chi connectivity index (χ1v) is 7.21. The van der Waals surface area contributed by atoms with Gasteiger partial charge in [0.15, 0.2) is 0 Å². The van der Waals surface area contributed by atoms with Gasteiger partial charge in [0.2, 0.25) is 0 Å². The summed E-state index contributed by atoms with van der Waals surface area (Å²) in [7, 11) is 3.74. The van der Waals surface area contributed by atoms with Gasteiger partial charge in [-0.15, -0.1) is 0 Å². The maximum Gasteiger partial charge on any atom is 0.00612 e. The SMILES string of the molecule is CC.CCC(C)N(C)CCC(C)(C)CC.CN. The molecule has 0 saturated carbocycles. The van der Waals surface area contributed by atoms with Gasteiger partial charge >= 0.3 is 0 Å². The molecule has 2 nitrogen and oxygen atoms in total. The lowest BCUT2D eigenvalue weighted by Gasteiger charge is -2.29. The fraction of sp³-hybridized carbons (Fsp3) is 1.00. The highest BCUT2D eigenvalue weighted by atomic mass is 15.1. The molecule has 0 aromatic rings. The smallest absolute Gasteiger partial charge is 0.00612 e. The lowest BCUT2D eigenvalue weighted by Crippen LogP contribution is -2.31. The maximum absolute atomic E-state index is 4.50. The minimum atomic E-state index is 0.516. The molecule has 0 rings (SSSR count). The Morgan fingerprint density at radius 2 is 1.53 bits per heavy atom. The molecule has 2 heteroatoms. The third kappa shape index (κ3) is 13.9. The van der Waals surface area contributed by atoms with E-state index in [2.05, 4.69) is 52.3 Å². The molecular weight excluding hydrogens is 208 g/mol. The highest BCUT2D eigenvalue weighted by molar-refractivity contribution is 4.70. The number of nitrogens with zero attached hydrogens (tertiary/aromatic N) is 1. The van der Waals surface area contributed by atoms with Gasteiger partial charge < -0.3 is 10.6 Å². The van der Waals surface area contributed by atoms with Crippen LogP contribution >= 0.6 is 0 Å². The summed E-state index contributed by atoms with van der Waals surface area (Å²) < 4.78 is 0. The molecule has 0 fully saturated rings. The monoisotopic (exact) mass is 246 g/mol. The van der Waals surface area contributed by atoms with E-state index in [0.29, 0.717) is 5.41 Å². The van der Waals surface area contributed by atoms with Crippen molar-refractivity contribution in [3.05, 3.63) is 0 Å². The van der Waals surface area contributed by atoms with Crippen molar-refractivity contribution in [3.8, 4) is 0 Å². The molecule has 0 spiro atoms. The van der Waals surface area contributed by atoms with Crippen LogP contribution in [0.5, 0.6) is 0 Å². The van der Waals surface area contributed by atoms with E-state index >= 15 is 0 Å². The second-order valence-electron chi connectivity index (χ2n) is 5.01. The lowest BCUT2D eigenvalue weighted by atomic mass is 9.86. The fourth-order valence-corrected chi connectivity index (χ4v) is 1.19. The summed E-state index contributed by atoms with van der Waals surface area (Å²) in [4.78, 5) is 2.47. The van der Waals surface area contributed by atoms with Crippen molar-refractivity contribution in [1.82, 2.24) is 4.90 Å². The summed E-state index contributed by atoms with van der Waals surface area (Å²) in [5, 5.41) is 0. The predicted molar refractivity (Wildman–Crippen MR) is 82.5 cm³/mol. The molecule has 0 aromatic heterocycles. The minimum absolute atomic E-state index is 0.516. The molecule has 0 aliphatic heterocycles. The summed E-state index contributed by atoms with van der Waals surface area (Å²) in [6.07, 6.45) is 3.84. The highest BCUT2D eigenvalue weighted by Crippen LogP contribution is 2.24. The Bertz CT molecular complexity index is 133. The zero-order valence-electron chi connectivity index (χ0n) is 13.9. The van der Waals surface area contributed by atoms with E-state index in [1.54, 1.807) is 0 Å². The van der Waals surface area contributed by atoms with Crippen molar-refractivity contribution in [1.29, 1.82) is 0 Å². The molecule has 0 aliphatic rings. The van der Waals surface area contributed by atoms with Crippen LogP contribution in [0.15, 0.2) is 0 Å². The molecule has 1 unspecified atom stereocenters. The molecule has 1 atom stereocenters. The van der Waals surface area contributed by atoms with Gasteiger partial charge in [-0.25, -0.2) is 0 Å². The number of hydrogen-bond donors (Lipinski definition) is 1. The molecule has 17 heavy (non-hydrogen) atoms. The number of nitrogens with two attached hydrogens (primary N) is 1. The van der Waals surface area contributed by atoms with Crippen LogP contribution in [0, 0.1) is 5.41 Å². The largest absolute Gasteiger partial charge is 0.333 e. The number of rotatable bonds is 6. The van der Waals surface area contributed by atoms with Crippen LogP contribution in [0.2, 0.25) is 0 Å². The van der Waals surface area contributed by atoms with Gasteiger partial charge in [-0.3, -0.25) is 0 Å². The Balaban J connectivity index is -0.000000439. The zero-order chi connectivity index (χ0) is 14.5. The van der Waals surface area contributed by atoms with E-state index in [9.17, 15) is 0 Å². The Labute approximate surface area is 111 Å². The molecular formula is C15H38N2. The van der Waals surface area contributed by atoms with E-state index in [0.717, 1.165) is 6.04 Å². The molecule has 0 aromatic carbocycles. The lowest BCUT2D eigenvalue weighted by molar-refractivity contribution is 0.201. The number of hydrogen-bond acceptors (Lipinski definition) is 2. The van der Waals surface area contributed by atoms with Crippen molar-refractivity contribution in [2.45, 2.75) is 73.8 Å². The van der Waals surface area contributed by atoms with Crippen molar-refractivity contribution in [3.63, 3.8) is 0 Å². The second-order valence-corrected chi connectivity index (χ2v) is 5.01. The average molecular weight is 246 g/mol. The quantitative estimate of drug-likeness (QED) is 0.763. The third-order valence-corrected chi connectivity index (χ3v) is 3.44. The second kappa shape index (κ2) is 14.0. The fourth-order valence-electron chi connectivity index (χ4n) is 1.19. The summed E-state index contributed by atoms with van der Waals surface area (Å²) in [6.45, 7) is 16.8. The van der Waals surface area contributed by atoms with E-state index in [4.69, 9.17) is 0 Å². The molecule has 0 bridgehead atoms. The molecule has 0 amide bonds. The Hall–Kier alpha value is -0.0800. The maximum atomic E-state index is 4.50. The molecule has 0 radical (unpaired) electrons. The van der Waals surface area contributed by atoms with Gasteiger partial charge in [-0.2, -0.15) is 0 Å². The van der Waals surface area contributed by atoms with E-state index in [1.165, 1.54) is 32.9 Å². The average Bonchev–Trinajstić information content (AvgIpc) is 2.39. The van der Waals surface area contributed by atoms with E-state index in [-0.39, 0.29) is 0 Å². The summed E-state index contributed by atoms with van der Waals surface area (Å²) in [6, 6.07) is 0.729. The molecule has 0 saturated heterocycles. The Morgan fingerprint density at radius 3 is 1.82 bits per heavy atom. The molecule has 2 N–H and O–H groups in total. The highest BCUT2D eigenvalue weighted by Gasteiger charge is 2.16. The first kappa shape index (κ1) is 22.1. The van der Waals surface area contributed by atoms with Gasteiger partial charge in [0.1, 0.15) is 0 Å². The topological polar surface area (TPSA) is 29.3 Å². The van der Waals surface area contributed by atoms with Gasteiger partial charge in [0.25, 0.3) is 0 Å². The van der Waals surface area contributed by atoms with Crippen LogP contribution in [-0.2, 0) is 0 Å². The van der Waals surface area contributed by atoms with Crippen LogP contribution in [0.25, 0.3) is 0 Å². The zero-order valence-corrected chi connectivity index (χ0v) is 13.9. The van der Waals surface area contributed by atoms with Gasteiger partial charge in [0.05, 0.1) is 0 Å². The van der Waals surface area contributed by atoms with Crippen molar-refractivity contribution in [2.75, 3.05) is 20.6 Å². The van der Waals surface area contributed by atoms with Gasteiger partial charge in [-0.1, -0.05) is 48.0 Å². The van der Waals surface area contributed by atoms with Crippen molar-refractivity contribution >= 4 is 0 Å². The minimum Gasteiger partial charge on any atom is -0.333 e. The summed E-state index contributed by atoms with van der Waals surface area (Å²) >= 11 is 0. The third-order valence-electron chi connectivity index (χ3n) is 3.44. The predicted octanol–water partition coefficient (Wildman–Crippen LogP) is 4.14. The van der Waals surface area contributed by atoms with Gasteiger partial charge in [-0.05, 0) is 45.8 Å². The van der Waals surface area contributed by atoms with E-state index < -0.39 is 0 Å². The molecule has 108 valence electrons. The van der Waals surface area contributed by atoms with E-state index in [1.807, 2.05) is 13.8 Å². The summed E-state index contributed by atoms with van der Waals surface area (Å²) in [5.74, 6) is 0. The van der Waals surface area contributed by atoms with Crippen LogP contribution in [-0.4, -0.2) is 31.6 Å². The first-order valence-electron chi connectivity index (χ1n) is 7.21. The van der Waals surface area contributed by atoms with Crippen LogP contribution < -0.4 is 5.73 Å². The summed E-state index contributed by atoms with van der Waals surface area (Å²) in [5.41, 5.74) is 5.02. The molecule has 0 aliphatic carbocycles. The molecule has 0 heterocycles. The van der Waals surface area contributed by atoms with Gasteiger partial charge in [0, 0.05) is 6.04 Å². The Morgan fingerprint density at radius 1 is 1.12 bits per heavy atom. The van der Waals surface area contributed by atoms with Crippen molar-refractivity contribution in [2.24, 2.45) is 11.1 Å². The standard InChI is InChI=1S/C12H27N.C2H6.CH5N/c1-7-11(3)13(6)10-9-12(4,5)8-2;2*1-2/h11H,7-10H2,1-6H3;1-2H3;2H2,1H3. The van der Waals surface area contributed by atoms with Crippen LogP contribution in [0.1, 0.15) is 67.7 Å². The first-order chi connectivity index (χ1) is 7.93. The normalized spacial score (nSPS) is 12.2. The Kier molecular flexibility index (Phi) is 18.2. The van der Waals surface area contributed by atoms with Crippen LogP contribution in [0.4, 0.5) is 0 Å². The van der Waals surface area contributed by atoms with Crippen LogP contribution in [0.3, 0.4) is 0 Å².